The van der Waals surface area contributed by atoms with Gasteiger partial charge in [-0.2, -0.15) is 0 Å². The number of hydrogen-bond acceptors (Lipinski definition) is 3. The molecule has 7 heteroatoms. The van der Waals surface area contributed by atoms with Gasteiger partial charge in [0.25, 0.3) is 10.0 Å². The summed E-state index contributed by atoms with van der Waals surface area (Å²) in [7, 11) is -3.91. The molecule has 5 aromatic rings. The number of rotatable bonds is 6. The van der Waals surface area contributed by atoms with E-state index in [1.807, 2.05) is 104 Å². The lowest BCUT2D eigenvalue weighted by Crippen LogP contribution is -2.16. The van der Waals surface area contributed by atoms with Crippen LogP contribution in [0.15, 0.2) is 101 Å². The molecule has 0 unspecified atom stereocenters. The maximum atomic E-state index is 14.1. The van der Waals surface area contributed by atoms with Crippen LogP contribution < -0.4 is 0 Å². The summed E-state index contributed by atoms with van der Waals surface area (Å²) in [5, 5.41) is 3.20. The van der Waals surface area contributed by atoms with Gasteiger partial charge in [0.05, 0.1) is 21.2 Å². The third-order valence-corrected chi connectivity index (χ3v) is 9.26. The number of aryl methyl sites for hydroxylation is 2. The van der Waals surface area contributed by atoms with E-state index in [0.29, 0.717) is 21.4 Å². The molecule has 0 atom stereocenters. The second kappa shape index (κ2) is 10.3. The molecular weight excluding hydrogens is 541 g/mol. The molecule has 0 saturated carbocycles. The Balaban J connectivity index is 1.81. The summed E-state index contributed by atoms with van der Waals surface area (Å²) in [6.45, 7) is 3.87. The molecule has 0 amide bonds. The van der Waals surface area contributed by atoms with E-state index in [0.717, 1.165) is 32.7 Å². The first kappa shape index (κ1) is 25.6. The number of halogens is 2. The van der Waals surface area contributed by atoms with Crippen molar-refractivity contribution in [2.24, 2.45) is 0 Å². The summed E-state index contributed by atoms with van der Waals surface area (Å²) in [5.74, 6) is 0. The van der Waals surface area contributed by atoms with Crippen LogP contribution in [0.3, 0.4) is 0 Å². The first-order valence-corrected chi connectivity index (χ1v) is 14.6. The topological polar surface area (TPSA) is 39.1 Å². The summed E-state index contributed by atoms with van der Waals surface area (Å²) >= 11 is 13.9. The third-order valence-electron chi connectivity index (χ3n) is 6.12. The van der Waals surface area contributed by atoms with E-state index in [1.54, 1.807) is 12.1 Å². The Morgan fingerprint density at radius 2 is 1.38 bits per heavy atom. The van der Waals surface area contributed by atoms with Crippen LogP contribution in [0.4, 0.5) is 0 Å². The molecule has 0 spiro atoms. The molecule has 3 aromatic carbocycles. The summed E-state index contributed by atoms with van der Waals surface area (Å²) < 4.78 is 29.7. The highest BCUT2D eigenvalue weighted by Gasteiger charge is 2.26. The van der Waals surface area contributed by atoms with Crippen LogP contribution in [0, 0.1) is 13.8 Å². The SMILES string of the molecule is Cc1ccc(S(=O)(=O)n2c(-c3cccs3)cc(C)c2C=C(c2ccc(Cl)cc2)c2ccc(Cl)cc2)cc1. The molecule has 3 nitrogen and oxygen atoms in total. The van der Waals surface area contributed by atoms with E-state index >= 15 is 0 Å². The fourth-order valence-electron chi connectivity index (χ4n) is 4.20. The van der Waals surface area contributed by atoms with Crippen LogP contribution in [0.1, 0.15) is 27.9 Å². The highest BCUT2D eigenvalue weighted by Crippen LogP contribution is 2.36. The summed E-state index contributed by atoms with van der Waals surface area (Å²) in [6, 6.07) is 27.8. The number of aromatic nitrogens is 1. The molecule has 0 aliphatic rings. The van der Waals surface area contributed by atoms with Gasteiger partial charge in [0.15, 0.2) is 0 Å². The van der Waals surface area contributed by atoms with Crippen molar-refractivity contribution in [3.63, 3.8) is 0 Å². The minimum atomic E-state index is -3.91. The predicted octanol–water partition coefficient (Wildman–Crippen LogP) is 8.97. The van der Waals surface area contributed by atoms with E-state index in [4.69, 9.17) is 23.2 Å². The second-order valence-corrected chi connectivity index (χ2v) is 12.3. The second-order valence-electron chi connectivity index (χ2n) is 8.73. The van der Waals surface area contributed by atoms with Crippen LogP contribution in [-0.4, -0.2) is 12.4 Å². The van der Waals surface area contributed by atoms with Crippen molar-refractivity contribution < 1.29 is 8.42 Å². The molecule has 0 radical (unpaired) electrons. The van der Waals surface area contributed by atoms with E-state index in [1.165, 1.54) is 15.3 Å². The van der Waals surface area contributed by atoms with Gasteiger partial charge in [-0.3, -0.25) is 0 Å². The Morgan fingerprint density at radius 1 is 0.811 bits per heavy atom. The Hall–Kier alpha value is -3.09. The van der Waals surface area contributed by atoms with Crippen molar-refractivity contribution in [3.05, 3.63) is 134 Å². The lowest BCUT2D eigenvalue weighted by Gasteiger charge is -2.15. The van der Waals surface area contributed by atoms with Crippen molar-refractivity contribution >= 4 is 56.2 Å². The zero-order chi connectivity index (χ0) is 26.2. The number of benzene rings is 3. The Labute approximate surface area is 231 Å². The van der Waals surface area contributed by atoms with Crippen molar-refractivity contribution in [3.8, 4) is 10.6 Å². The van der Waals surface area contributed by atoms with Gasteiger partial charge in [-0.15, -0.1) is 11.3 Å². The van der Waals surface area contributed by atoms with Crippen LogP contribution in [0.5, 0.6) is 0 Å². The van der Waals surface area contributed by atoms with Gasteiger partial charge in [0.2, 0.25) is 0 Å². The smallest absolute Gasteiger partial charge is 0.233 e. The first-order valence-electron chi connectivity index (χ1n) is 11.6. The van der Waals surface area contributed by atoms with E-state index < -0.39 is 10.0 Å². The molecule has 0 aliphatic heterocycles. The molecule has 37 heavy (non-hydrogen) atoms. The molecule has 186 valence electrons. The van der Waals surface area contributed by atoms with Gasteiger partial charge < -0.3 is 0 Å². The Kier molecular flexibility index (Phi) is 7.15. The van der Waals surface area contributed by atoms with Crippen molar-refractivity contribution in [1.82, 2.24) is 3.97 Å². The zero-order valence-electron chi connectivity index (χ0n) is 20.2. The van der Waals surface area contributed by atoms with Crippen LogP contribution in [0.2, 0.25) is 10.0 Å². The fourth-order valence-corrected chi connectivity index (χ4v) is 6.80. The monoisotopic (exact) mass is 563 g/mol. The van der Waals surface area contributed by atoms with Crippen molar-refractivity contribution in [1.29, 1.82) is 0 Å². The van der Waals surface area contributed by atoms with Gasteiger partial charge >= 0.3 is 0 Å². The minimum absolute atomic E-state index is 0.237. The van der Waals surface area contributed by atoms with Gasteiger partial charge in [-0.05, 0) is 96.1 Å². The third kappa shape index (κ3) is 5.18. The van der Waals surface area contributed by atoms with Gasteiger partial charge in [0.1, 0.15) is 0 Å². The molecule has 0 fully saturated rings. The van der Waals surface area contributed by atoms with Gasteiger partial charge in [-0.25, -0.2) is 12.4 Å². The maximum absolute atomic E-state index is 14.1. The lowest BCUT2D eigenvalue weighted by atomic mass is 9.96. The fraction of sp³-hybridized carbons (Fsp3) is 0.0667. The molecule has 2 heterocycles. The standard InChI is InChI=1S/C30H23Cl2NO2S2/c1-20-5-15-26(16-6-20)37(34,35)33-28(21(2)18-29(33)30-4-3-17-36-30)19-27(22-7-11-24(31)12-8-22)23-9-13-25(32)14-10-23/h3-19H,1-2H3. The normalized spacial score (nSPS) is 11.5. The quantitative estimate of drug-likeness (QED) is 0.207. The lowest BCUT2D eigenvalue weighted by molar-refractivity contribution is 0.587. The summed E-state index contributed by atoms with van der Waals surface area (Å²) in [5.41, 5.74) is 5.73. The molecule has 0 N–H and O–H groups in total. The van der Waals surface area contributed by atoms with Crippen molar-refractivity contribution in [2.75, 3.05) is 0 Å². The van der Waals surface area contributed by atoms with Crippen LogP contribution >= 0.6 is 34.5 Å². The minimum Gasteiger partial charge on any atom is -0.233 e. The Bertz CT molecular complexity index is 1630. The molecule has 0 aliphatic carbocycles. The van der Waals surface area contributed by atoms with Gasteiger partial charge in [0, 0.05) is 10.0 Å². The molecule has 0 bridgehead atoms. The zero-order valence-corrected chi connectivity index (χ0v) is 23.3. The van der Waals surface area contributed by atoms with Gasteiger partial charge in [-0.1, -0.05) is 71.2 Å². The van der Waals surface area contributed by atoms with E-state index in [2.05, 4.69) is 0 Å². The maximum Gasteiger partial charge on any atom is 0.268 e. The highest BCUT2D eigenvalue weighted by atomic mass is 35.5. The summed E-state index contributed by atoms with van der Waals surface area (Å²) in [4.78, 5) is 1.11. The molecular formula is C30H23Cl2NO2S2. The highest BCUT2D eigenvalue weighted by molar-refractivity contribution is 7.90. The van der Waals surface area contributed by atoms with Crippen LogP contribution in [-0.2, 0) is 10.0 Å². The van der Waals surface area contributed by atoms with E-state index in [9.17, 15) is 8.42 Å². The largest absolute Gasteiger partial charge is 0.268 e. The average molecular weight is 565 g/mol. The molecule has 5 rings (SSSR count). The summed E-state index contributed by atoms with van der Waals surface area (Å²) in [6.07, 6.45) is 1.94. The average Bonchev–Trinajstić information content (AvgIpc) is 3.52. The predicted molar refractivity (Wildman–Crippen MR) is 156 cm³/mol. The molecule has 0 saturated heterocycles. The first-order chi connectivity index (χ1) is 17.7. The van der Waals surface area contributed by atoms with Crippen LogP contribution in [0.25, 0.3) is 22.2 Å². The Morgan fingerprint density at radius 3 is 1.89 bits per heavy atom. The van der Waals surface area contributed by atoms with Crippen molar-refractivity contribution in [2.45, 2.75) is 18.7 Å². The number of nitrogens with zero attached hydrogens (tertiary/aromatic N) is 1. The number of thiophene rings is 1. The number of hydrogen-bond donors (Lipinski definition) is 0. The van der Waals surface area contributed by atoms with E-state index in [-0.39, 0.29) is 4.90 Å². The molecule has 2 aromatic heterocycles.